The van der Waals surface area contributed by atoms with Gasteiger partial charge in [0.1, 0.15) is 5.75 Å². The third kappa shape index (κ3) is 4.99. The summed E-state index contributed by atoms with van der Waals surface area (Å²) in [6.07, 6.45) is -4.11. The van der Waals surface area contributed by atoms with Crippen molar-refractivity contribution in [3.63, 3.8) is 0 Å². The lowest BCUT2D eigenvalue weighted by atomic mass is 9.96. The zero-order valence-corrected chi connectivity index (χ0v) is 21.7. The van der Waals surface area contributed by atoms with Gasteiger partial charge in [-0.15, -0.1) is 0 Å². The Bertz CT molecular complexity index is 1450. The van der Waals surface area contributed by atoms with Gasteiger partial charge in [-0.2, -0.15) is 17.6 Å². The van der Waals surface area contributed by atoms with Crippen molar-refractivity contribution >= 4 is 34.2 Å². The van der Waals surface area contributed by atoms with Crippen LogP contribution in [0.3, 0.4) is 0 Å². The topological polar surface area (TPSA) is 60.9 Å². The lowest BCUT2D eigenvalue weighted by Crippen LogP contribution is -2.53. The number of pyridine rings is 1. The van der Waals surface area contributed by atoms with Gasteiger partial charge in [0, 0.05) is 42.1 Å². The highest BCUT2D eigenvalue weighted by Gasteiger charge is 2.54. The minimum absolute atomic E-state index is 0.144. The average molecular weight is 541 g/mol. The molecule has 1 atom stereocenters. The number of aliphatic hydroxyl groups is 1. The Kier molecular flexibility index (Phi) is 7.13. The minimum Gasteiger partial charge on any atom is -0.496 e. The zero-order valence-electron chi connectivity index (χ0n) is 20.9. The van der Waals surface area contributed by atoms with Crippen molar-refractivity contribution in [1.29, 1.82) is 0 Å². The Morgan fingerprint density at radius 2 is 1.82 bits per heavy atom. The van der Waals surface area contributed by atoms with E-state index in [1.165, 1.54) is 30.7 Å². The van der Waals surface area contributed by atoms with Crippen LogP contribution in [0.25, 0.3) is 10.9 Å². The van der Waals surface area contributed by atoms with Gasteiger partial charge in [0.05, 0.1) is 24.9 Å². The van der Waals surface area contributed by atoms with Crippen LogP contribution in [0, 0.1) is 0 Å². The number of fused-ring (bicyclic) bond motifs is 2. The first-order valence-corrected chi connectivity index (χ1v) is 12.9. The lowest BCUT2D eigenvalue weighted by Gasteiger charge is -2.33. The van der Waals surface area contributed by atoms with E-state index in [2.05, 4.69) is 20.8 Å². The van der Waals surface area contributed by atoms with Crippen LogP contribution in [-0.4, -0.2) is 40.6 Å². The van der Waals surface area contributed by atoms with Crippen molar-refractivity contribution < 1.29 is 23.0 Å². The number of nitrogens with one attached hydrogen (secondary N) is 1. The fourth-order valence-corrected chi connectivity index (χ4v) is 5.76. The highest BCUT2D eigenvalue weighted by molar-refractivity contribution is 7.96. The van der Waals surface area contributed by atoms with Gasteiger partial charge in [-0.25, -0.2) is 0 Å². The molecule has 1 aromatic heterocycles. The molecular formula is C28H27F3N4O2S. The first kappa shape index (κ1) is 26.1. The van der Waals surface area contributed by atoms with Crippen molar-refractivity contribution in [2.45, 2.75) is 30.6 Å². The monoisotopic (exact) mass is 540 g/mol. The van der Waals surface area contributed by atoms with Crippen molar-refractivity contribution in [3.05, 3.63) is 95.7 Å². The van der Waals surface area contributed by atoms with Crippen LogP contribution in [0.2, 0.25) is 0 Å². The molecular weight excluding hydrogens is 513 g/mol. The van der Waals surface area contributed by atoms with Crippen molar-refractivity contribution in [3.8, 4) is 5.75 Å². The molecule has 0 amide bonds. The number of halogens is 3. The number of hydrazine groups is 1. The smallest absolute Gasteiger partial charge is 0.436 e. The van der Waals surface area contributed by atoms with Crippen LogP contribution in [-0.2, 0) is 18.7 Å². The summed E-state index contributed by atoms with van der Waals surface area (Å²) in [6.45, 7) is 0.672. The fraction of sp³-hybridized carbons (Fsp3) is 0.250. The minimum atomic E-state index is -4.97. The molecule has 3 aromatic carbocycles. The van der Waals surface area contributed by atoms with Crippen LogP contribution in [0.5, 0.6) is 5.75 Å². The number of hydrogen-bond donors (Lipinski definition) is 2. The largest absolute Gasteiger partial charge is 0.496 e. The molecule has 1 aliphatic heterocycles. The molecule has 0 fully saturated rings. The van der Waals surface area contributed by atoms with Gasteiger partial charge in [-0.3, -0.25) is 9.99 Å². The summed E-state index contributed by atoms with van der Waals surface area (Å²) in [6, 6.07) is 21.1. The zero-order chi connectivity index (χ0) is 26.9. The number of para-hydroxylation sites is 1. The number of hydrogen-bond acceptors (Lipinski definition) is 7. The van der Waals surface area contributed by atoms with Gasteiger partial charge >= 0.3 is 6.18 Å². The number of benzene rings is 3. The summed E-state index contributed by atoms with van der Waals surface area (Å²) < 4.78 is 50.9. The maximum atomic E-state index is 14.4. The van der Waals surface area contributed by atoms with Gasteiger partial charge in [-0.1, -0.05) is 48.3 Å². The summed E-state index contributed by atoms with van der Waals surface area (Å²) in [7, 11) is 3.44. The lowest BCUT2D eigenvalue weighted by molar-refractivity contribution is -0.247. The second kappa shape index (κ2) is 10.4. The molecule has 1 aliphatic rings. The highest BCUT2D eigenvalue weighted by Crippen LogP contribution is 2.40. The maximum absolute atomic E-state index is 14.4. The fourth-order valence-electron chi connectivity index (χ4n) is 4.66. The van der Waals surface area contributed by atoms with E-state index in [0.29, 0.717) is 40.1 Å². The molecule has 5 rings (SSSR count). The molecule has 198 valence electrons. The molecule has 4 aromatic rings. The summed E-state index contributed by atoms with van der Waals surface area (Å²) in [5.41, 5.74) is 0.615. The number of anilines is 2. The molecule has 0 saturated heterocycles. The normalized spacial score (nSPS) is 15.4. The van der Waals surface area contributed by atoms with E-state index in [0.717, 1.165) is 5.69 Å². The van der Waals surface area contributed by atoms with E-state index in [1.807, 2.05) is 30.3 Å². The number of methoxy groups -OCH3 is 1. The van der Waals surface area contributed by atoms with Gasteiger partial charge in [0.25, 0.3) is 0 Å². The number of rotatable bonds is 8. The molecule has 2 heterocycles. The van der Waals surface area contributed by atoms with E-state index in [4.69, 9.17) is 4.74 Å². The van der Waals surface area contributed by atoms with E-state index in [9.17, 15) is 18.3 Å². The van der Waals surface area contributed by atoms with Crippen molar-refractivity contribution in [2.75, 3.05) is 24.5 Å². The third-order valence-corrected chi connectivity index (χ3v) is 7.78. The van der Waals surface area contributed by atoms with Crippen LogP contribution in [0.4, 0.5) is 24.5 Å². The summed E-state index contributed by atoms with van der Waals surface area (Å²) >= 11 is 1.47. The number of aromatic nitrogens is 1. The molecule has 0 bridgehead atoms. The maximum Gasteiger partial charge on any atom is 0.436 e. The first-order valence-electron chi connectivity index (χ1n) is 12.0. The van der Waals surface area contributed by atoms with E-state index >= 15 is 0 Å². The molecule has 0 aliphatic carbocycles. The van der Waals surface area contributed by atoms with Crippen LogP contribution in [0.15, 0.2) is 79.0 Å². The first-order chi connectivity index (χ1) is 18.2. The van der Waals surface area contributed by atoms with E-state index in [-0.39, 0.29) is 5.69 Å². The molecule has 2 N–H and O–H groups in total. The predicted octanol–water partition coefficient (Wildman–Crippen LogP) is 6.16. The predicted molar refractivity (Wildman–Crippen MR) is 145 cm³/mol. The Morgan fingerprint density at radius 1 is 1.03 bits per heavy atom. The number of alkyl halides is 3. The molecule has 0 radical (unpaired) electrons. The SMILES string of the molecule is COc1cccc(CC(O)(Nc2cccc3ncccc23)C(F)(F)F)c1CSN1Cc2ccccc2N1C. The van der Waals surface area contributed by atoms with Gasteiger partial charge in [0.15, 0.2) is 0 Å². The van der Waals surface area contributed by atoms with Crippen molar-refractivity contribution in [1.82, 2.24) is 9.40 Å². The van der Waals surface area contributed by atoms with E-state index < -0.39 is 18.3 Å². The van der Waals surface area contributed by atoms with Gasteiger partial charge in [0.2, 0.25) is 5.72 Å². The Hall–Kier alpha value is -3.47. The Morgan fingerprint density at radius 3 is 2.58 bits per heavy atom. The molecule has 6 nitrogen and oxygen atoms in total. The number of ether oxygens (including phenoxy) is 1. The molecule has 0 saturated carbocycles. The standard InChI is InChI=1S/C28H27F3N4O2S/c1-34-25-13-4-3-8-20(25)17-35(34)38-18-22-19(9-5-14-26(22)37-2)16-27(36,28(29,30)31)33-24-12-6-11-23-21(24)10-7-15-32-23/h3-15,33,36H,16-18H2,1-2H3. The third-order valence-electron chi connectivity index (χ3n) is 6.69. The van der Waals surface area contributed by atoms with Crippen LogP contribution in [0.1, 0.15) is 16.7 Å². The Balaban J connectivity index is 1.44. The summed E-state index contributed by atoms with van der Waals surface area (Å²) in [5.74, 6) is 0.817. The quantitative estimate of drug-likeness (QED) is 0.205. The second-order valence-electron chi connectivity index (χ2n) is 9.07. The summed E-state index contributed by atoms with van der Waals surface area (Å²) in [4.78, 5) is 4.21. The van der Waals surface area contributed by atoms with Gasteiger partial charge in [-0.05, 0) is 47.5 Å². The molecule has 0 spiro atoms. The average Bonchev–Trinajstić information content (AvgIpc) is 3.22. The Labute approximate surface area is 223 Å². The highest BCUT2D eigenvalue weighted by atomic mass is 32.2. The number of nitrogens with zero attached hydrogens (tertiary/aromatic N) is 3. The second-order valence-corrected chi connectivity index (χ2v) is 10.0. The van der Waals surface area contributed by atoms with Gasteiger partial charge < -0.3 is 15.2 Å². The molecule has 1 unspecified atom stereocenters. The van der Waals surface area contributed by atoms with Crippen LogP contribution < -0.4 is 15.1 Å². The van der Waals surface area contributed by atoms with Crippen LogP contribution >= 0.6 is 11.9 Å². The summed E-state index contributed by atoms with van der Waals surface area (Å²) in [5, 5.41) is 16.0. The molecule has 10 heteroatoms. The van der Waals surface area contributed by atoms with E-state index in [1.54, 1.807) is 48.7 Å². The molecule has 38 heavy (non-hydrogen) atoms. The van der Waals surface area contributed by atoms with Crippen molar-refractivity contribution in [2.24, 2.45) is 0 Å².